The number of hydrogen-bond donors (Lipinski definition) is 0. The molecule has 0 bridgehead atoms. The van der Waals surface area contributed by atoms with Crippen LogP contribution in [0, 0.1) is 0 Å². The molecule has 0 spiro atoms. The second-order valence-electron chi connectivity index (χ2n) is 5.49. The van der Waals surface area contributed by atoms with Crippen LogP contribution in [0.4, 0.5) is 0 Å². The molecule has 0 atom stereocenters. The minimum atomic E-state index is -0.867. The van der Waals surface area contributed by atoms with Crippen molar-refractivity contribution in [2.24, 2.45) is 0 Å². The largest absolute Gasteiger partial charge is 0.716 e. The van der Waals surface area contributed by atoms with Crippen molar-refractivity contribution in [3.05, 3.63) is 0 Å². The van der Waals surface area contributed by atoms with Gasteiger partial charge in [0.1, 0.15) is 0 Å². The van der Waals surface area contributed by atoms with Crippen LogP contribution < -0.4 is 0 Å². The van der Waals surface area contributed by atoms with Gasteiger partial charge in [-0.2, -0.15) is 0 Å². The first-order valence-electron chi connectivity index (χ1n) is 6.33. The van der Waals surface area contributed by atoms with Crippen molar-refractivity contribution in [3.8, 4) is 0 Å². The fourth-order valence-electron chi connectivity index (χ4n) is 1.52. The lowest BCUT2D eigenvalue weighted by Crippen LogP contribution is -2.41. The normalized spacial score (nSPS) is 21.6. The number of hydrogen-bond acceptors (Lipinski definition) is 4. The maximum atomic E-state index is 11.5. The fourth-order valence-corrected chi connectivity index (χ4v) is 1.52. The Balaban J connectivity index is 2.37. The Morgan fingerprint density at radius 3 is 2.12 bits per heavy atom. The van der Waals surface area contributed by atoms with Crippen LogP contribution in [0.25, 0.3) is 0 Å². The molecule has 0 saturated carbocycles. The summed E-state index contributed by atoms with van der Waals surface area (Å²) in [5.74, 6) is -0.253. The zero-order valence-electron chi connectivity index (χ0n) is 11.5. The maximum absolute atomic E-state index is 11.5. The third-order valence-corrected chi connectivity index (χ3v) is 3.44. The van der Waals surface area contributed by atoms with Crippen molar-refractivity contribution in [1.82, 2.24) is 0 Å². The smallest absolute Gasteiger partial charge is 0.485 e. The van der Waals surface area contributed by atoms with E-state index < -0.39 is 18.5 Å². The van der Waals surface area contributed by atoms with Crippen LogP contribution >= 0.6 is 0 Å². The topological polar surface area (TPSA) is 44.8 Å². The van der Waals surface area contributed by atoms with Gasteiger partial charge in [-0.15, -0.1) is 0 Å². The molecule has 1 aliphatic heterocycles. The molecule has 17 heavy (non-hydrogen) atoms. The summed E-state index contributed by atoms with van der Waals surface area (Å²) in [6, 6.07) is 0. The Bertz CT molecular complexity index is 260. The van der Waals surface area contributed by atoms with E-state index in [2.05, 4.69) is 6.92 Å². The molecule has 0 unspecified atom stereocenters. The van der Waals surface area contributed by atoms with Gasteiger partial charge in [0.2, 0.25) is 0 Å². The fraction of sp³-hybridized carbons (Fsp3) is 0.917. The van der Waals surface area contributed by atoms with Gasteiger partial charge in [0.25, 0.3) is 5.97 Å². The Morgan fingerprint density at radius 1 is 1.12 bits per heavy atom. The third kappa shape index (κ3) is 3.71. The lowest BCUT2D eigenvalue weighted by Gasteiger charge is -2.31. The second kappa shape index (κ2) is 5.40. The number of carbonyl (C=O) groups is 1. The summed E-state index contributed by atoms with van der Waals surface area (Å²) in [6.45, 7) is 9.81. The highest BCUT2D eigenvalue weighted by Crippen LogP contribution is 2.36. The van der Waals surface area contributed by atoms with Gasteiger partial charge in [-0.05, 0) is 34.1 Å². The molecule has 1 rings (SSSR count). The highest BCUT2D eigenvalue weighted by molar-refractivity contribution is 6.40. The first-order chi connectivity index (χ1) is 7.78. The van der Waals surface area contributed by atoms with E-state index in [1.165, 1.54) is 0 Å². The van der Waals surface area contributed by atoms with E-state index >= 15 is 0 Å². The van der Waals surface area contributed by atoms with E-state index in [0.717, 1.165) is 19.3 Å². The van der Waals surface area contributed by atoms with Crippen LogP contribution in [-0.4, -0.2) is 24.5 Å². The van der Waals surface area contributed by atoms with Crippen LogP contribution in [0.2, 0.25) is 0 Å². The van der Waals surface area contributed by atoms with Crippen molar-refractivity contribution in [3.63, 3.8) is 0 Å². The minimum Gasteiger partial charge on any atom is -0.485 e. The predicted molar refractivity (Wildman–Crippen MR) is 66.3 cm³/mol. The highest BCUT2D eigenvalue weighted by Gasteiger charge is 2.54. The maximum Gasteiger partial charge on any atom is 0.716 e. The van der Waals surface area contributed by atoms with Crippen LogP contribution in [0.1, 0.15) is 60.3 Å². The molecule has 0 aromatic rings. The monoisotopic (exact) mass is 242 g/mol. The summed E-state index contributed by atoms with van der Waals surface area (Å²) in [5, 5.41) is 0. The lowest BCUT2D eigenvalue weighted by atomic mass is 9.90. The van der Waals surface area contributed by atoms with Gasteiger partial charge in [0.05, 0.1) is 11.2 Å². The molecule has 1 aliphatic rings. The molecule has 1 heterocycles. The Morgan fingerprint density at radius 2 is 1.65 bits per heavy atom. The number of unbranched alkanes of at least 4 members (excludes halogenated alkanes) is 2. The molecule has 0 aromatic heterocycles. The van der Waals surface area contributed by atoms with Gasteiger partial charge < -0.3 is 14.0 Å². The van der Waals surface area contributed by atoms with Gasteiger partial charge in [-0.25, -0.2) is 0 Å². The van der Waals surface area contributed by atoms with Crippen molar-refractivity contribution in [2.75, 3.05) is 0 Å². The summed E-state index contributed by atoms with van der Waals surface area (Å²) < 4.78 is 16.3. The molecule has 1 fully saturated rings. The number of rotatable bonds is 5. The molecule has 98 valence electrons. The molecule has 1 saturated heterocycles. The summed E-state index contributed by atoms with van der Waals surface area (Å²) in [5.41, 5.74) is -0.914. The van der Waals surface area contributed by atoms with Crippen LogP contribution in [0.15, 0.2) is 0 Å². The number of carbonyl (C=O) groups excluding carboxylic acids is 1. The van der Waals surface area contributed by atoms with E-state index in [4.69, 9.17) is 14.0 Å². The Kier molecular flexibility index (Phi) is 4.61. The average molecular weight is 242 g/mol. The predicted octanol–water partition coefficient (Wildman–Crippen LogP) is 2.70. The quantitative estimate of drug-likeness (QED) is 0.549. The zero-order valence-corrected chi connectivity index (χ0v) is 11.5. The molecule has 0 amide bonds. The summed E-state index contributed by atoms with van der Waals surface area (Å²) in [7, 11) is -0.867. The summed E-state index contributed by atoms with van der Waals surface area (Å²) in [6.07, 6.45) is 3.41. The van der Waals surface area contributed by atoms with E-state index in [1.54, 1.807) is 0 Å². The third-order valence-electron chi connectivity index (χ3n) is 3.44. The SMILES string of the molecule is CCCCCC(=O)OB1OC(C)(C)C(C)(C)O1. The minimum absolute atomic E-state index is 0.253. The molecule has 0 aromatic carbocycles. The van der Waals surface area contributed by atoms with Gasteiger partial charge in [-0.1, -0.05) is 19.8 Å². The molecule has 4 nitrogen and oxygen atoms in total. The van der Waals surface area contributed by atoms with Crippen molar-refractivity contribution in [2.45, 2.75) is 71.5 Å². The molecule has 0 aliphatic carbocycles. The van der Waals surface area contributed by atoms with E-state index in [9.17, 15) is 4.79 Å². The van der Waals surface area contributed by atoms with Gasteiger partial charge >= 0.3 is 7.32 Å². The van der Waals surface area contributed by atoms with Gasteiger partial charge in [0, 0.05) is 6.42 Å². The zero-order chi connectivity index (χ0) is 13.1. The van der Waals surface area contributed by atoms with Crippen molar-refractivity contribution in [1.29, 1.82) is 0 Å². The Labute approximate surface area is 104 Å². The molecule has 5 heteroatoms. The second-order valence-corrected chi connectivity index (χ2v) is 5.49. The van der Waals surface area contributed by atoms with Crippen molar-refractivity contribution < 1.29 is 18.8 Å². The first kappa shape index (κ1) is 14.5. The van der Waals surface area contributed by atoms with E-state index in [-0.39, 0.29) is 5.97 Å². The average Bonchev–Trinajstić information content (AvgIpc) is 2.35. The van der Waals surface area contributed by atoms with E-state index in [1.807, 2.05) is 27.7 Å². The molecular weight excluding hydrogens is 219 g/mol. The standard InChI is InChI=1S/C12H23BO4/c1-6-7-8-9-10(14)15-13-16-11(2,3)12(4,5)17-13/h6-9H2,1-5H3. The molecular formula is C12H23BO4. The first-order valence-corrected chi connectivity index (χ1v) is 6.33. The molecule has 0 radical (unpaired) electrons. The van der Waals surface area contributed by atoms with E-state index in [0.29, 0.717) is 6.42 Å². The van der Waals surface area contributed by atoms with Crippen LogP contribution in [0.3, 0.4) is 0 Å². The highest BCUT2D eigenvalue weighted by atomic mass is 16.8. The van der Waals surface area contributed by atoms with Crippen LogP contribution in [-0.2, 0) is 18.8 Å². The molecule has 0 N–H and O–H groups in total. The lowest BCUT2D eigenvalue weighted by molar-refractivity contribution is -0.137. The Hall–Kier alpha value is -0.545. The van der Waals surface area contributed by atoms with Crippen molar-refractivity contribution >= 4 is 13.3 Å². The summed E-state index contributed by atoms with van der Waals surface area (Å²) >= 11 is 0. The van der Waals surface area contributed by atoms with Crippen LogP contribution in [0.5, 0.6) is 0 Å². The summed E-state index contributed by atoms with van der Waals surface area (Å²) in [4.78, 5) is 11.5. The van der Waals surface area contributed by atoms with Gasteiger partial charge in [-0.3, -0.25) is 4.79 Å². The van der Waals surface area contributed by atoms with Gasteiger partial charge in [0.15, 0.2) is 0 Å².